The molecule has 0 N–H and O–H groups in total. The third-order valence-corrected chi connectivity index (χ3v) is 2.65. The maximum atomic E-state index is 11.6. The van der Waals surface area contributed by atoms with E-state index < -0.39 is 10.7 Å². The fourth-order valence-electron chi connectivity index (χ4n) is 1.71. The van der Waals surface area contributed by atoms with Gasteiger partial charge in [0.05, 0.1) is 29.7 Å². The minimum Gasteiger partial charge on any atom is -0.408 e. The molecule has 1 fully saturated rings. The van der Waals surface area contributed by atoms with Crippen LogP contribution in [0.1, 0.15) is 0 Å². The minimum absolute atomic E-state index is 0.00719. The summed E-state index contributed by atoms with van der Waals surface area (Å²) in [6.07, 6.45) is 0.00719. The van der Waals surface area contributed by atoms with Crippen molar-refractivity contribution in [3.63, 3.8) is 0 Å². The van der Waals surface area contributed by atoms with E-state index in [0.717, 1.165) is 0 Å². The quantitative estimate of drug-likeness (QED) is 0.448. The second-order valence-corrected chi connectivity index (χ2v) is 3.84. The Balaban J connectivity index is 2.17. The van der Waals surface area contributed by atoms with Crippen LogP contribution in [0.15, 0.2) is 27.4 Å². The van der Waals surface area contributed by atoms with E-state index in [1.165, 1.54) is 22.8 Å². The number of oxazole rings is 1. The number of ether oxygens (including phenoxy) is 1. The molecule has 7 nitrogen and oxygen atoms in total. The van der Waals surface area contributed by atoms with Crippen LogP contribution >= 0.6 is 0 Å². The molecule has 0 saturated carbocycles. The van der Waals surface area contributed by atoms with E-state index in [9.17, 15) is 14.9 Å². The van der Waals surface area contributed by atoms with Crippen molar-refractivity contribution in [2.75, 3.05) is 6.61 Å². The van der Waals surface area contributed by atoms with Crippen LogP contribution in [0.3, 0.4) is 0 Å². The average Bonchev–Trinajstić information content (AvgIpc) is 3.04. The van der Waals surface area contributed by atoms with Gasteiger partial charge < -0.3 is 9.15 Å². The lowest BCUT2D eigenvalue weighted by molar-refractivity contribution is -0.384. The van der Waals surface area contributed by atoms with E-state index >= 15 is 0 Å². The molecule has 1 aromatic carbocycles. The first kappa shape index (κ1) is 10.0. The number of benzene rings is 1. The number of fused-ring (bicyclic) bond motifs is 1. The number of rotatable bonds is 3. The van der Waals surface area contributed by atoms with Crippen molar-refractivity contribution < 1.29 is 14.1 Å². The van der Waals surface area contributed by atoms with Crippen molar-refractivity contribution in [1.29, 1.82) is 0 Å². The molecule has 0 aliphatic carbocycles. The minimum atomic E-state index is -0.518. The SMILES string of the molecule is O=c1oc2ccc([N+](=O)[O-])cc2n1CC1CO1. The molecule has 2 heterocycles. The summed E-state index contributed by atoms with van der Waals surface area (Å²) in [7, 11) is 0. The number of epoxide rings is 1. The molecule has 3 rings (SSSR count). The molecule has 0 amide bonds. The Bertz CT molecular complexity index is 652. The highest BCUT2D eigenvalue weighted by atomic mass is 16.6. The van der Waals surface area contributed by atoms with Crippen LogP contribution in [0.2, 0.25) is 0 Å². The van der Waals surface area contributed by atoms with Crippen molar-refractivity contribution in [2.45, 2.75) is 12.6 Å². The standard InChI is InChI=1S/C10H8N2O5/c13-10-11(4-7-5-16-7)8-3-6(12(14)15)1-2-9(8)17-10/h1-3,7H,4-5H2. The highest BCUT2D eigenvalue weighted by Crippen LogP contribution is 2.21. The van der Waals surface area contributed by atoms with E-state index in [-0.39, 0.29) is 11.8 Å². The number of non-ortho nitro benzene ring substituents is 1. The van der Waals surface area contributed by atoms with Gasteiger partial charge in [-0.05, 0) is 6.07 Å². The molecule has 0 radical (unpaired) electrons. The first-order chi connectivity index (χ1) is 8.15. The lowest BCUT2D eigenvalue weighted by Crippen LogP contribution is -2.17. The Morgan fingerprint density at radius 1 is 1.53 bits per heavy atom. The average molecular weight is 236 g/mol. The van der Waals surface area contributed by atoms with E-state index in [1.54, 1.807) is 0 Å². The summed E-state index contributed by atoms with van der Waals surface area (Å²) >= 11 is 0. The van der Waals surface area contributed by atoms with E-state index in [0.29, 0.717) is 24.3 Å². The number of nitro groups is 1. The van der Waals surface area contributed by atoms with Crippen molar-refractivity contribution >= 4 is 16.8 Å². The Kier molecular flexibility index (Phi) is 2.02. The molecule has 0 bridgehead atoms. The van der Waals surface area contributed by atoms with Gasteiger partial charge >= 0.3 is 5.76 Å². The Morgan fingerprint density at radius 3 is 2.94 bits per heavy atom. The maximum Gasteiger partial charge on any atom is 0.420 e. The number of hydrogen-bond donors (Lipinski definition) is 0. The monoisotopic (exact) mass is 236 g/mol. The van der Waals surface area contributed by atoms with Crippen LogP contribution in [-0.4, -0.2) is 22.2 Å². The summed E-state index contributed by atoms with van der Waals surface area (Å²) in [6.45, 7) is 0.973. The zero-order valence-corrected chi connectivity index (χ0v) is 8.66. The van der Waals surface area contributed by atoms with E-state index in [2.05, 4.69) is 0 Å². The second-order valence-electron chi connectivity index (χ2n) is 3.84. The van der Waals surface area contributed by atoms with Crippen molar-refractivity contribution in [1.82, 2.24) is 4.57 Å². The smallest absolute Gasteiger partial charge is 0.408 e. The number of nitro benzene ring substituents is 1. The Labute approximate surface area is 94.4 Å². The highest BCUT2D eigenvalue weighted by Gasteiger charge is 2.25. The summed E-state index contributed by atoms with van der Waals surface area (Å²) < 4.78 is 11.4. The molecule has 17 heavy (non-hydrogen) atoms. The third kappa shape index (κ3) is 1.70. The predicted molar refractivity (Wildman–Crippen MR) is 56.9 cm³/mol. The van der Waals surface area contributed by atoms with Gasteiger partial charge in [0, 0.05) is 12.1 Å². The fraction of sp³-hybridized carbons (Fsp3) is 0.300. The van der Waals surface area contributed by atoms with Crippen molar-refractivity contribution in [2.24, 2.45) is 0 Å². The van der Waals surface area contributed by atoms with E-state index in [4.69, 9.17) is 9.15 Å². The molecule has 0 spiro atoms. The molecular formula is C10H8N2O5. The molecule has 1 aliphatic heterocycles. The van der Waals surface area contributed by atoms with Gasteiger partial charge in [0.15, 0.2) is 5.58 Å². The molecule has 1 aromatic heterocycles. The topological polar surface area (TPSA) is 90.8 Å². The molecule has 1 unspecified atom stereocenters. The molecule has 2 aromatic rings. The molecular weight excluding hydrogens is 228 g/mol. The molecule has 1 atom stereocenters. The summed E-state index contributed by atoms with van der Waals surface area (Å²) in [5.74, 6) is -0.518. The van der Waals surface area contributed by atoms with Gasteiger partial charge in [-0.3, -0.25) is 14.7 Å². The van der Waals surface area contributed by atoms with Crippen molar-refractivity contribution in [3.05, 3.63) is 38.9 Å². The van der Waals surface area contributed by atoms with Gasteiger partial charge in [0.1, 0.15) is 0 Å². The first-order valence-electron chi connectivity index (χ1n) is 5.04. The number of nitrogens with zero attached hydrogens (tertiary/aromatic N) is 2. The Hall–Kier alpha value is -2.15. The van der Waals surface area contributed by atoms with Crippen LogP contribution < -0.4 is 5.76 Å². The van der Waals surface area contributed by atoms with Gasteiger partial charge in [-0.2, -0.15) is 0 Å². The summed E-state index contributed by atoms with van der Waals surface area (Å²) in [5, 5.41) is 10.7. The summed E-state index contributed by atoms with van der Waals surface area (Å²) in [6, 6.07) is 4.07. The molecule has 1 saturated heterocycles. The zero-order chi connectivity index (χ0) is 12.0. The normalized spacial score (nSPS) is 18.5. The predicted octanol–water partition coefficient (Wildman–Crippen LogP) is 0.901. The highest BCUT2D eigenvalue weighted by molar-refractivity contribution is 5.75. The third-order valence-electron chi connectivity index (χ3n) is 2.65. The van der Waals surface area contributed by atoms with Crippen molar-refractivity contribution in [3.8, 4) is 0 Å². The molecule has 88 valence electrons. The fourth-order valence-corrected chi connectivity index (χ4v) is 1.71. The Morgan fingerprint density at radius 2 is 2.29 bits per heavy atom. The van der Waals surface area contributed by atoms with Crippen LogP contribution in [0, 0.1) is 10.1 Å². The lowest BCUT2D eigenvalue weighted by Gasteiger charge is -1.97. The molecule has 1 aliphatic rings. The summed E-state index contributed by atoms with van der Waals surface area (Å²) in [5.41, 5.74) is 0.713. The number of hydrogen-bond acceptors (Lipinski definition) is 5. The van der Waals surface area contributed by atoms with Gasteiger partial charge in [-0.1, -0.05) is 0 Å². The number of aromatic nitrogens is 1. The second kappa shape index (κ2) is 3.42. The van der Waals surface area contributed by atoms with Gasteiger partial charge in [0.2, 0.25) is 0 Å². The van der Waals surface area contributed by atoms with Crippen LogP contribution in [0.4, 0.5) is 5.69 Å². The van der Waals surface area contributed by atoms with Crippen LogP contribution in [-0.2, 0) is 11.3 Å². The van der Waals surface area contributed by atoms with Crippen LogP contribution in [0.5, 0.6) is 0 Å². The largest absolute Gasteiger partial charge is 0.420 e. The van der Waals surface area contributed by atoms with Gasteiger partial charge in [-0.25, -0.2) is 4.79 Å². The molecule has 7 heteroatoms. The summed E-state index contributed by atoms with van der Waals surface area (Å²) in [4.78, 5) is 21.7. The van der Waals surface area contributed by atoms with E-state index in [1.807, 2.05) is 0 Å². The van der Waals surface area contributed by atoms with Gasteiger partial charge in [0.25, 0.3) is 5.69 Å². The lowest BCUT2D eigenvalue weighted by atomic mass is 10.3. The maximum absolute atomic E-state index is 11.6. The van der Waals surface area contributed by atoms with Crippen LogP contribution in [0.25, 0.3) is 11.1 Å². The zero-order valence-electron chi connectivity index (χ0n) is 8.66. The van der Waals surface area contributed by atoms with Gasteiger partial charge in [-0.15, -0.1) is 0 Å². The first-order valence-corrected chi connectivity index (χ1v) is 5.04.